The molecule has 0 aliphatic heterocycles. The van der Waals surface area contributed by atoms with Gasteiger partial charge in [0.25, 0.3) is 0 Å². The molecule has 0 saturated heterocycles. The Hall–Kier alpha value is -1.02. The van der Waals surface area contributed by atoms with E-state index in [-0.39, 0.29) is 5.91 Å². The van der Waals surface area contributed by atoms with Gasteiger partial charge >= 0.3 is 0 Å². The Morgan fingerprint density at radius 2 is 1.94 bits per heavy atom. The standard InChI is InChI=1S/C13H18ClNO/c1-4-10(2)15(3)13(16)9-11-5-7-12(14)8-6-11/h5-8,10H,4,9H2,1-3H3. The largest absolute Gasteiger partial charge is 0.343 e. The van der Waals surface area contributed by atoms with E-state index in [9.17, 15) is 4.79 Å². The number of hydrogen-bond acceptors (Lipinski definition) is 1. The van der Waals surface area contributed by atoms with Crippen LogP contribution in [0.4, 0.5) is 0 Å². The van der Waals surface area contributed by atoms with Crippen LogP contribution in [0.5, 0.6) is 0 Å². The maximum absolute atomic E-state index is 11.9. The molecule has 0 spiro atoms. The smallest absolute Gasteiger partial charge is 0.226 e. The molecule has 16 heavy (non-hydrogen) atoms. The number of rotatable bonds is 4. The van der Waals surface area contributed by atoms with Crippen LogP contribution in [0.15, 0.2) is 24.3 Å². The molecule has 0 saturated carbocycles. The lowest BCUT2D eigenvalue weighted by Crippen LogP contribution is -2.35. The lowest BCUT2D eigenvalue weighted by atomic mass is 10.1. The predicted molar refractivity (Wildman–Crippen MR) is 67.7 cm³/mol. The Morgan fingerprint density at radius 1 is 1.38 bits per heavy atom. The molecule has 1 aromatic rings. The molecule has 0 bridgehead atoms. The molecule has 0 fully saturated rings. The van der Waals surface area contributed by atoms with Crippen LogP contribution >= 0.6 is 11.6 Å². The van der Waals surface area contributed by atoms with Gasteiger partial charge in [-0.3, -0.25) is 4.79 Å². The Balaban J connectivity index is 2.60. The van der Waals surface area contributed by atoms with E-state index in [0.29, 0.717) is 17.5 Å². The van der Waals surface area contributed by atoms with Crippen molar-refractivity contribution in [2.24, 2.45) is 0 Å². The fourth-order valence-corrected chi connectivity index (χ4v) is 1.55. The van der Waals surface area contributed by atoms with E-state index in [0.717, 1.165) is 12.0 Å². The van der Waals surface area contributed by atoms with Gasteiger partial charge in [0.05, 0.1) is 6.42 Å². The first kappa shape index (κ1) is 13.0. The summed E-state index contributed by atoms with van der Waals surface area (Å²) < 4.78 is 0. The second-order valence-electron chi connectivity index (χ2n) is 4.07. The fraction of sp³-hybridized carbons (Fsp3) is 0.462. The van der Waals surface area contributed by atoms with Gasteiger partial charge in [-0.25, -0.2) is 0 Å². The number of likely N-dealkylation sites (N-methyl/N-ethyl adjacent to an activating group) is 1. The van der Waals surface area contributed by atoms with Crippen molar-refractivity contribution >= 4 is 17.5 Å². The minimum absolute atomic E-state index is 0.150. The van der Waals surface area contributed by atoms with E-state index in [1.54, 1.807) is 4.90 Å². The molecule has 0 N–H and O–H groups in total. The maximum atomic E-state index is 11.9. The van der Waals surface area contributed by atoms with Crippen LogP contribution in [0.25, 0.3) is 0 Å². The first-order valence-electron chi connectivity index (χ1n) is 5.54. The minimum Gasteiger partial charge on any atom is -0.343 e. The summed E-state index contributed by atoms with van der Waals surface area (Å²) >= 11 is 5.79. The number of nitrogens with zero attached hydrogens (tertiary/aromatic N) is 1. The Bertz CT molecular complexity index is 347. The highest BCUT2D eigenvalue weighted by Crippen LogP contribution is 2.11. The molecule has 0 heterocycles. The van der Waals surface area contributed by atoms with Crippen LogP contribution < -0.4 is 0 Å². The summed E-state index contributed by atoms with van der Waals surface area (Å²) in [4.78, 5) is 13.7. The third-order valence-corrected chi connectivity index (χ3v) is 3.17. The zero-order chi connectivity index (χ0) is 12.1. The van der Waals surface area contributed by atoms with Gasteiger partial charge in [0.2, 0.25) is 5.91 Å². The van der Waals surface area contributed by atoms with E-state index in [2.05, 4.69) is 13.8 Å². The molecule has 2 nitrogen and oxygen atoms in total. The fourth-order valence-electron chi connectivity index (χ4n) is 1.42. The van der Waals surface area contributed by atoms with E-state index >= 15 is 0 Å². The highest BCUT2D eigenvalue weighted by Gasteiger charge is 2.14. The summed E-state index contributed by atoms with van der Waals surface area (Å²) in [6, 6.07) is 7.70. The molecule has 3 heteroatoms. The van der Waals surface area contributed by atoms with Crippen LogP contribution in [-0.4, -0.2) is 23.9 Å². The highest BCUT2D eigenvalue weighted by molar-refractivity contribution is 6.30. The van der Waals surface area contributed by atoms with Crippen LogP contribution in [0.2, 0.25) is 5.02 Å². The highest BCUT2D eigenvalue weighted by atomic mass is 35.5. The molecule has 0 aliphatic rings. The minimum atomic E-state index is 0.150. The van der Waals surface area contributed by atoms with E-state index in [1.807, 2.05) is 31.3 Å². The van der Waals surface area contributed by atoms with Crippen LogP contribution in [0, 0.1) is 0 Å². The van der Waals surface area contributed by atoms with E-state index < -0.39 is 0 Å². The predicted octanol–water partition coefficient (Wildman–Crippen LogP) is 3.14. The van der Waals surface area contributed by atoms with Crippen molar-refractivity contribution in [2.45, 2.75) is 32.7 Å². The number of amides is 1. The Kier molecular flexibility index (Phi) is 4.81. The molecule has 1 aromatic carbocycles. The van der Waals surface area contributed by atoms with Crippen molar-refractivity contribution in [3.8, 4) is 0 Å². The maximum Gasteiger partial charge on any atom is 0.226 e. The molecule has 0 radical (unpaired) electrons. The summed E-state index contributed by atoms with van der Waals surface area (Å²) in [7, 11) is 1.85. The second-order valence-corrected chi connectivity index (χ2v) is 4.50. The lowest BCUT2D eigenvalue weighted by molar-refractivity contribution is -0.130. The van der Waals surface area contributed by atoms with Crippen molar-refractivity contribution in [1.29, 1.82) is 0 Å². The molecular weight excluding hydrogens is 222 g/mol. The van der Waals surface area contributed by atoms with Crippen molar-refractivity contribution in [2.75, 3.05) is 7.05 Å². The quantitative estimate of drug-likeness (QED) is 0.791. The van der Waals surface area contributed by atoms with E-state index in [4.69, 9.17) is 11.6 Å². The summed E-state index contributed by atoms with van der Waals surface area (Å²) in [5.74, 6) is 0.150. The third kappa shape index (κ3) is 3.53. The molecule has 1 unspecified atom stereocenters. The van der Waals surface area contributed by atoms with Gasteiger partial charge in [0.15, 0.2) is 0 Å². The molecule has 1 amide bonds. The average molecular weight is 240 g/mol. The molecule has 0 aliphatic carbocycles. The molecule has 88 valence electrons. The molecule has 0 aromatic heterocycles. The van der Waals surface area contributed by atoms with Crippen LogP contribution in [-0.2, 0) is 11.2 Å². The number of carbonyl (C=O) groups excluding carboxylic acids is 1. The van der Waals surface area contributed by atoms with Gasteiger partial charge in [0.1, 0.15) is 0 Å². The first-order valence-corrected chi connectivity index (χ1v) is 5.92. The van der Waals surface area contributed by atoms with Gasteiger partial charge in [-0.2, -0.15) is 0 Å². The molecule has 1 rings (SSSR count). The van der Waals surface area contributed by atoms with Gasteiger partial charge in [0, 0.05) is 18.1 Å². The summed E-state index contributed by atoms with van der Waals surface area (Å²) in [6.45, 7) is 4.14. The summed E-state index contributed by atoms with van der Waals surface area (Å²) in [6.07, 6.45) is 1.42. The zero-order valence-corrected chi connectivity index (χ0v) is 10.8. The molecular formula is C13H18ClNO. The van der Waals surface area contributed by atoms with Gasteiger partial charge in [-0.15, -0.1) is 0 Å². The SMILES string of the molecule is CCC(C)N(C)C(=O)Cc1ccc(Cl)cc1. The summed E-state index contributed by atoms with van der Waals surface area (Å²) in [5, 5.41) is 0.700. The first-order chi connectivity index (χ1) is 7.54. The Morgan fingerprint density at radius 3 is 2.44 bits per heavy atom. The van der Waals surface area contributed by atoms with Gasteiger partial charge in [-0.05, 0) is 31.0 Å². The van der Waals surface area contributed by atoms with E-state index in [1.165, 1.54) is 0 Å². The number of benzene rings is 1. The van der Waals surface area contributed by atoms with Gasteiger partial charge < -0.3 is 4.90 Å². The number of carbonyl (C=O) groups is 1. The summed E-state index contributed by atoms with van der Waals surface area (Å²) in [5.41, 5.74) is 1.00. The van der Waals surface area contributed by atoms with Crippen molar-refractivity contribution in [1.82, 2.24) is 4.90 Å². The van der Waals surface area contributed by atoms with Crippen molar-refractivity contribution < 1.29 is 4.79 Å². The van der Waals surface area contributed by atoms with Crippen molar-refractivity contribution in [3.63, 3.8) is 0 Å². The second kappa shape index (κ2) is 5.90. The molecule has 1 atom stereocenters. The van der Waals surface area contributed by atoms with Crippen LogP contribution in [0.3, 0.4) is 0 Å². The van der Waals surface area contributed by atoms with Crippen molar-refractivity contribution in [3.05, 3.63) is 34.9 Å². The normalized spacial score (nSPS) is 12.2. The number of hydrogen-bond donors (Lipinski definition) is 0. The van der Waals surface area contributed by atoms with Crippen LogP contribution in [0.1, 0.15) is 25.8 Å². The monoisotopic (exact) mass is 239 g/mol. The lowest BCUT2D eigenvalue weighted by Gasteiger charge is -2.23. The third-order valence-electron chi connectivity index (χ3n) is 2.91. The topological polar surface area (TPSA) is 20.3 Å². The average Bonchev–Trinajstić information content (AvgIpc) is 2.30. The number of halogens is 1. The van der Waals surface area contributed by atoms with Gasteiger partial charge in [-0.1, -0.05) is 30.7 Å². The zero-order valence-electron chi connectivity index (χ0n) is 10.0. The Labute approximate surface area is 102 Å².